The number of pyridine rings is 1. The number of likely N-dealkylation sites (tertiary alicyclic amines) is 1. The van der Waals surface area contributed by atoms with Crippen molar-refractivity contribution in [2.24, 2.45) is 0 Å². The zero-order chi connectivity index (χ0) is 26.7. The van der Waals surface area contributed by atoms with Crippen LogP contribution in [0, 0.1) is 27.7 Å². The number of piperidine rings is 1. The molecule has 1 amide bonds. The molecule has 6 nitrogen and oxygen atoms in total. The Hall–Kier alpha value is -3.38. The molecule has 0 spiro atoms. The molecule has 0 radical (unpaired) electrons. The van der Waals surface area contributed by atoms with Gasteiger partial charge < -0.3 is 20.1 Å². The summed E-state index contributed by atoms with van der Waals surface area (Å²) in [7, 11) is 2.18. The largest absolute Gasteiger partial charge is 0.368 e. The number of hydrogen-bond acceptors (Lipinski definition) is 4. The SMILES string of the molecule is CCN(c1cc(-c2cccc(C)c2)cc(C(=O)NCc2c(C)cc(C)[nH]c2=O)c1C)C1CCN(C)CC1. The molecule has 4 rings (SSSR count). The van der Waals surface area contributed by atoms with Crippen molar-refractivity contribution < 1.29 is 4.79 Å². The van der Waals surface area contributed by atoms with Crippen molar-refractivity contribution >= 4 is 11.6 Å². The van der Waals surface area contributed by atoms with E-state index in [2.05, 4.69) is 71.3 Å². The van der Waals surface area contributed by atoms with Gasteiger partial charge >= 0.3 is 0 Å². The average Bonchev–Trinajstić information content (AvgIpc) is 2.85. The van der Waals surface area contributed by atoms with Crippen molar-refractivity contribution in [1.29, 1.82) is 0 Å². The van der Waals surface area contributed by atoms with Crippen LogP contribution >= 0.6 is 0 Å². The molecule has 2 aromatic carbocycles. The number of carbonyl (C=O) groups is 1. The van der Waals surface area contributed by atoms with E-state index in [-0.39, 0.29) is 18.0 Å². The van der Waals surface area contributed by atoms with E-state index in [1.807, 2.05) is 32.9 Å². The van der Waals surface area contributed by atoms with E-state index >= 15 is 0 Å². The number of hydrogen-bond donors (Lipinski definition) is 2. The van der Waals surface area contributed by atoms with Gasteiger partial charge in [-0.15, -0.1) is 0 Å². The quantitative estimate of drug-likeness (QED) is 0.472. The van der Waals surface area contributed by atoms with Gasteiger partial charge in [-0.1, -0.05) is 29.8 Å². The third kappa shape index (κ3) is 5.96. The summed E-state index contributed by atoms with van der Waals surface area (Å²) in [5, 5.41) is 3.03. The third-order valence-corrected chi connectivity index (χ3v) is 7.67. The van der Waals surface area contributed by atoms with Crippen molar-refractivity contribution in [3.05, 3.63) is 86.3 Å². The molecule has 37 heavy (non-hydrogen) atoms. The minimum absolute atomic E-state index is 0.150. The van der Waals surface area contributed by atoms with Crippen molar-refractivity contribution in [3.63, 3.8) is 0 Å². The predicted molar refractivity (Wildman–Crippen MR) is 153 cm³/mol. The number of nitrogens with one attached hydrogen (secondary N) is 2. The summed E-state index contributed by atoms with van der Waals surface area (Å²) in [6, 6.07) is 15.0. The lowest BCUT2D eigenvalue weighted by Gasteiger charge is -2.39. The van der Waals surface area contributed by atoms with E-state index in [0.29, 0.717) is 17.2 Å². The van der Waals surface area contributed by atoms with Crippen molar-refractivity contribution in [3.8, 4) is 11.1 Å². The minimum atomic E-state index is -0.160. The highest BCUT2D eigenvalue weighted by molar-refractivity contribution is 5.99. The van der Waals surface area contributed by atoms with Gasteiger partial charge in [0.25, 0.3) is 11.5 Å². The van der Waals surface area contributed by atoms with E-state index in [1.165, 1.54) is 5.56 Å². The number of carbonyl (C=O) groups excluding carboxylic acids is 1. The Kier molecular flexibility index (Phi) is 8.18. The molecule has 2 N–H and O–H groups in total. The number of H-pyrrole nitrogens is 1. The number of aryl methyl sites for hydroxylation is 3. The molecular weight excluding hydrogens is 460 g/mol. The van der Waals surface area contributed by atoms with Gasteiger partial charge in [-0.05, 0) is 108 Å². The maximum absolute atomic E-state index is 13.6. The first-order chi connectivity index (χ1) is 17.7. The molecule has 1 aromatic heterocycles. The van der Waals surface area contributed by atoms with Crippen molar-refractivity contribution in [2.45, 2.75) is 60.0 Å². The van der Waals surface area contributed by atoms with E-state index < -0.39 is 0 Å². The van der Waals surface area contributed by atoms with E-state index in [0.717, 1.165) is 66.1 Å². The lowest BCUT2D eigenvalue weighted by molar-refractivity contribution is 0.0950. The number of rotatable bonds is 7. The Morgan fingerprint density at radius 2 is 1.78 bits per heavy atom. The average molecular weight is 501 g/mol. The van der Waals surface area contributed by atoms with Crippen LogP contribution in [0.2, 0.25) is 0 Å². The second kappa shape index (κ2) is 11.3. The van der Waals surface area contributed by atoms with Crippen molar-refractivity contribution in [2.75, 3.05) is 31.6 Å². The summed E-state index contributed by atoms with van der Waals surface area (Å²) < 4.78 is 0. The van der Waals surface area contributed by atoms with Crippen LogP contribution < -0.4 is 15.8 Å². The number of aromatic nitrogens is 1. The molecular formula is C31H40N4O2. The second-order valence-corrected chi connectivity index (χ2v) is 10.5. The molecule has 0 saturated carbocycles. The number of benzene rings is 2. The molecule has 1 fully saturated rings. The Balaban J connectivity index is 1.73. The summed E-state index contributed by atoms with van der Waals surface area (Å²) in [5.74, 6) is -0.160. The normalized spacial score (nSPS) is 14.5. The number of nitrogens with zero attached hydrogens (tertiary/aromatic N) is 2. The van der Waals surface area contributed by atoms with Crippen LogP contribution in [0.25, 0.3) is 11.1 Å². The van der Waals surface area contributed by atoms with Gasteiger partial charge in [-0.3, -0.25) is 9.59 Å². The fourth-order valence-corrected chi connectivity index (χ4v) is 5.52. The van der Waals surface area contributed by atoms with Gasteiger partial charge in [0, 0.05) is 41.6 Å². The molecule has 6 heteroatoms. The van der Waals surface area contributed by atoms with Gasteiger partial charge in [0.15, 0.2) is 0 Å². The first kappa shape index (κ1) is 26.7. The third-order valence-electron chi connectivity index (χ3n) is 7.67. The monoisotopic (exact) mass is 500 g/mol. The maximum Gasteiger partial charge on any atom is 0.253 e. The maximum atomic E-state index is 13.6. The molecule has 1 saturated heterocycles. The van der Waals surface area contributed by atoms with Crippen LogP contribution in [0.15, 0.2) is 47.3 Å². The zero-order valence-electron chi connectivity index (χ0n) is 23.1. The van der Waals surface area contributed by atoms with Gasteiger partial charge in [-0.25, -0.2) is 0 Å². The fraction of sp³-hybridized carbons (Fsp3) is 0.419. The summed E-state index contributed by atoms with van der Waals surface area (Å²) >= 11 is 0. The number of amides is 1. The van der Waals surface area contributed by atoms with Gasteiger partial charge in [0.2, 0.25) is 0 Å². The minimum Gasteiger partial charge on any atom is -0.368 e. The van der Waals surface area contributed by atoms with Gasteiger partial charge in [0.05, 0.1) is 0 Å². The second-order valence-electron chi connectivity index (χ2n) is 10.5. The fourth-order valence-electron chi connectivity index (χ4n) is 5.52. The van der Waals surface area contributed by atoms with E-state index in [9.17, 15) is 9.59 Å². The lowest BCUT2D eigenvalue weighted by atomic mass is 9.94. The van der Waals surface area contributed by atoms with Crippen LogP contribution in [0.4, 0.5) is 5.69 Å². The van der Waals surface area contributed by atoms with Crippen LogP contribution in [0.1, 0.15) is 58.1 Å². The molecule has 0 atom stereocenters. The Bertz CT molecular complexity index is 1340. The molecule has 0 bridgehead atoms. The summed E-state index contributed by atoms with van der Waals surface area (Å²) in [4.78, 5) is 33.8. The number of anilines is 1. The zero-order valence-corrected chi connectivity index (χ0v) is 23.1. The van der Waals surface area contributed by atoms with E-state index in [1.54, 1.807) is 0 Å². The first-order valence-corrected chi connectivity index (χ1v) is 13.3. The van der Waals surface area contributed by atoms with Crippen LogP contribution in [0.5, 0.6) is 0 Å². The highest BCUT2D eigenvalue weighted by Gasteiger charge is 2.26. The van der Waals surface area contributed by atoms with Crippen LogP contribution in [-0.4, -0.2) is 48.5 Å². The topological polar surface area (TPSA) is 68.4 Å². The van der Waals surface area contributed by atoms with E-state index in [4.69, 9.17) is 0 Å². The predicted octanol–water partition coefficient (Wildman–Crippen LogP) is 5.13. The summed E-state index contributed by atoms with van der Waals surface area (Å²) in [6.45, 7) is 13.3. The van der Waals surface area contributed by atoms with Crippen molar-refractivity contribution in [1.82, 2.24) is 15.2 Å². The molecule has 0 unspecified atom stereocenters. The number of aromatic amines is 1. The molecule has 0 aliphatic carbocycles. The molecule has 1 aliphatic heterocycles. The highest BCUT2D eigenvalue weighted by atomic mass is 16.1. The van der Waals surface area contributed by atoms with Gasteiger partial charge in [-0.2, -0.15) is 0 Å². The molecule has 2 heterocycles. The van der Waals surface area contributed by atoms with Gasteiger partial charge in [0.1, 0.15) is 0 Å². The Labute approximate surface area is 220 Å². The van der Waals surface area contributed by atoms with Crippen LogP contribution in [-0.2, 0) is 6.54 Å². The first-order valence-electron chi connectivity index (χ1n) is 13.3. The molecule has 1 aliphatic rings. The molecule has 196 valence electrons. The Morgan fingerprint density at radius 3 is 2.43 bits per heavy atom. The standard InChI is InChI=1S/C31H40N4O2/c1-7-35(26-11-13-34(6)14-12-26)29-18-25(24-10-8-9-20(2)15-24)17-27(23(29)5)30(36)32-19-28-21(3)16-22(4)33-31(28)37/h8-10,15-18,26H,7,11-14,19H2,1-6H3,(H,32,36)(H,33,37). The smallest absolute Gasteiger partial charge is 0.253 e. The highest BCUT2D eigenvalue weighted by Crippen LogP contribution is 2.34. The summed E-state index contributed by atoms with van der Waals surface area (Å²) in [5.41, 5.74) is 8.20. The molecule has 3 aromatic rings. The lowest BCUT2D eigenvalue weighted by Crippen LogP contribution is -2.44. The Morgan fingerprint density at radius 1 is 1.05 bits per heavy atom. The van der Waals surface area contributed by atoms with Crippen LogP contribution in [0.3, 0.4) is 0 Å². The summed E-state index contributed by atoms with van der Waals surface area (Å²) in [6.07, 6.45) is 2.21.